The molecule has 0 aliphatic rings. The zero-order valence-corrected chi connectivity index (χ0v) is 18.3. The predicted molar refractivity (Wildman–Crippen MR) is 120 cm³/mol. The summed E-state index contributed by atoms with van der Waals surface area (Å²) < 4.78 is 3.18. The second-order valence-electron chi connectivity index (χ2n) is 6.40. The molecule has 0 aliphatic heterocycles. The molecule has 0 amide bonds. The molecule has 6 heteroatoms. The van der Waals surface area contributed by atoms with Gasteiger partial charge in [-0.25, -0.2) is 0 Å². The maximum absolute atomic E-state index is 6.06. The molecule has 0 fully saturated rings. The van der Waals surface area contributed by atoms with Crippen LogP contribution in [0.3, 0.4) is 0 Å². The van der Waals surface area contributed by atoms with E-state index in [0.29, 0.717) is 5.02 Å². The third-order valence-corrected chi connectivity index (χ3v) is 6.03. The number of rotatable bonds is 5. The molecule has 3 aromatic carbocycles. The maximum Gasteiger partial charge on any atom is 0.196 e. The van der Waals surface area contributed by atoms with Crippen molar-refractivity contribution in [3.05, 3.63) is 93.4 Å². The normalized spacial score (nSPS) is 11.0. The van der Waals surface area contributed by atoms with Crippen molar-refractivity contribution in [2.45, 2.75) is 17.8 Å². The predicted octanol–water partition coefficient (Wildman–Crippen LogP) is 6.95. The van der Waals surface area contributed by atoms with Crippen molar-refractivity contribution in [3.63, 3.8) is 0 Å². The number of thioether (sulfide) groups is 1. The minimum Gasteiger partial charge on any atom is -0.270 e. The highest BCUT2D eigenvalue weighted by Crippen LogP contribution is 2.30. The summed E-state index contributed by atoms with van der Waals surface area (Å²) in [5.74, 6) is 1.61. The highest BCUT2D eigenvalue weighted by atomic mass is 79.9. The molecule has 4 aromatic rings. The number of aryl methyl sites for hydroxylation is 1. The van der Waals surface area contributed by atoms with Crippen molar-refractivity contribution in [3.8, 4) is 17.1 Å². The van der Waals surface area contributed by atoms with Gasteiger partial charge in [-0.3, -0.25) is 4.57 Å². The van der Waals surface area contributed by atoms with Crippen molar-refractivity contribution >= 4 is 39.3 Å². The van der Waals surface area contributed by atoms with Gasteiger partial charge in [0.05, 0.1) is 0 Å². The van der Waals surface area contributed by atoms with Gasteiger partial charge in [-0.2, -0.15) is 0 Å². The summed E-state index contributed by atoms with van der Waals surface area (Å²) in [5.41, 5.74) is 4.46. The largest absolute Gasteiger partial charge is 0.270 e. The molecule has 1 aromatic heterocycles. The summed E-state index contributed by atoms with van der Waals surface area (Å²) in [6.45, 7) is 2.08. The Morgan fingerprint density at radius 2 is 1.71 bits per heavy atom. The van der Waals surface area contributed by atoms with Crippen LogP contribution < -0.4 is 0 Å². The Kier molecular flexibility index (Phi) is 5.85. The van der Waals surface area contributed by atoms with E-state index in [-0.39, 0.29) is 0 Å². The number of benzene rings is 3. The lowest BCUT2D eigenvalue weighted by Crippen LogP contribution is -2.00. The van der Waals surface area contributed by atoms with Gasteiger partial charge in [0.25, 0.3) is 0 Å². The lowest BCUT2D eigenvalue weighted by atomic mass is 10.2. The molecular formula is C22H17BrClN3S. The zero-order valence-electron chi connectivity index (χ0n) is 15.1. The monoisotopic (exact) mass is 469 g/mol. The first-order chi connectivity index (χ1) is 13.6. The smallest absolute Gasteiger partial charge is 0.196 e. The Balaban J connectivity index is 1.73. The fourth-order valence-electron chi connectivity index (χ4n) is 2.85. The standard InChI is InChI=1S/C22H17BrClN3S/c1-15-5-11-20(12-6-15)27-21(17-7-9-19(24)10-8-17)25-26-22(27)28-14-16-3-2-4-18(23)13-16/h2-13H,14H2,1H3. The average Bonchev–Trinajstić information content (AvgIpc) is 3.11. The van der Waals surface area contributed by atoms with E-state index in [1.54, 1.807) is 11.8 Å². The third-order valence-electron chi connectivity index (χ3n) is 4.28. The van der Waals surface area contributed by atoms with Gasteiger partial charge in [0, 0.05) is 26.5 Å². The van der Waals surface area contributed by atoms with Gasteiger partial charge < -0.3 is 0 Å². The van der Waals surface area contributed by atoms with Gasteiger partial charge in [0.15, 0.2) is 11.0 Å². The molecule has 1 heterocycles. The van der Waals surface area contributed by atoms with Gasteiger partial charge in [-0.05, 0) is 61.0 Å². The Labute approximate surface area is 181 Å². The first-order valence-corrected chi connectivity index (χ1v) is 10.9. The van der Waals surface area contributed by atoms with Gasteiger partial charge in [0.2, 0.25) is 0 Å². The van der Waals surface area contributed by atoms with E-state index < -0.39 is 0 Å². The van der Waals surface area contributed by atoms with Gasteiger partial charge in [-0.1, -0.05) is 69.1 Å². The van der Waals surface area contributed by atoms with E-state index in [2.05, 4.69) is 74.0 Å². The van der Waals surface area contributed by atoms with Crippen LogP contribution in [0.2, 0.25) is 5.02 Å². The minimum atomic E-state index is 0.703. The van der Waals surface area contributed by atoms with Crippen LogP contribution >= 0.6 is 39.3 Å². The molecule has 140 valence electrons. The van der Waals surface area contributed by atoms with Crippen molar-refractivity contribution in [2.24, 2.45) is 0 Å². The number of nitrogens with zero attached hydrogens (tertiary/aromatic N) is 3. The molecule has 0 bridgehead atoms. The van der Waals surface area contributed by atoms with Crippen molar-refractivity contribution in [1.29, 1.82) is 0 Å². The minimum absolute atomic E-state index is 0.703. The molecule has 0 aliphatic carbocycles. The molecule has 28 heavy (non-hydrogen) atoms. The van der Waals surface area contributed by atoms with E-state index in [0.717, 1.165) is 32.5 Å². The molecular weight excluding hydrogens is 454 g/mol. The lowest BCUT2D eigenvalue weighted by molar-refractivity contribution is 0.885. The molecule has 0 N–H and O–H groups in total. The Morgan fingerprint density at radius 3 is 2.43 bits per heavy atom. The molecule has 4 rings (SSSR count). The Hall–Kier alpha value is -2.08. The van der Waals surface area contributed by atoms with Crippen LogP contribution in [0.4, 0.5) is 0 Å². The van der Waals surface area contributed by atoms with E-state index >= 15 is 0 Å². The number of hydrogen-bond acceptors (Lipinski definition) is 3. The second-order valence-corrected chi connectivity index (χ2v) is 8.70. The van der Waals surface area contributed by atoms with Crippen LogP contribution in [-0.4, -0.2) is 14.8 Å². The van der Waals surface area contributed by atoms with E-state index in [1.807, 2.05) is 36.4 Å². The molecule has 0 unspecified atom stereocenters. The SMILES string of the molecule is Cc1ccc(-n2c(SCc3cccc(Br)c3)nnc2-c2ccc(Cl)cc2)cc1. The van der Waals surface area contributed by atoms with Crippen LogP contribution in [0, 0.1) is 6.92 Å². The summed E-state index contributed by atoms with van der Waals surface area (Å²) in [5, 5.41) is 10.5. The quantitative estimate of drug-likeness (QED) is 0.296. The number of aromatic nitrogens is 3. The van der Waals surface area contributed by atoms with Crippen LogP contribution in [0.5, 0.6) is 0 Å². The highest BCUT2D eigenvalue weighted by molar-refractivity contribution is 9.10. The second kappa shape index (κ2) is 8.52. The van der Waals surface area contributed by atoms with Crippen molar-refractivity contribution in [1.82, 2.24) is 14.8 Å². The topological polar surface area (TPSA) is 30.7 Å². The Morgan fingerprint density at radius 1 is 0.964 bits per heavy atom. The van der Waals surface area contributed by atoms with Gasteiger partial charge in [-0.15, -0.1) is 10.2 Å². The third kappa shape index (κ3) is 4.32. The van der Waals surface area contributed by atoms with Gasteiger partial charge in [0.1, 0.15) is 0 Å². The van der Waals surface area contributed by atoms with Crippen LogP contribution in [0.25, 0.3) is 17.1 Å². The maximum atomic E-state index is 6.06. The summed E-state index contributed by atoms with van der Waals surface area (Å²) in [6, 6.07) is 24.4. The van der Waals surface area contributed by atoms with E-state index in [4.69, 9.17) is 11.6 Å². The summed E-state index contributed by atoms with van der Waals surface area (Å²) >= 11 is 11.3. The number of hydrogen-bond donors (Lipinski definition) is 0. The molecule has 0 saturated heterocycles. The summed E-state index contributed by atoms with van der Waals surface area (Å²) in [6.07, 6.45) is 0. The zero-order chi connectivity index (χ0) is 19.5. The van der Waals surface area contributed by atoms with E-state index in [9.17, 15) is 0 Å². The van der Waals surface area contributed by atoms with Crippen molar-refractivity contribution in [2.75, 3.05) is 0 Å². The first kappa shape index (κ1) is 19.2. The van der Waals surface area contributed by atoms with Gasteiger partial charge >= 0.3 is 0 Å². The van der Waals surface area contributed by atoms with Crippen LogP contribution in [0.15, 0.2) is 82.4 Å². The lowest BCUT2D eigenvalue weighted by Gasteiger charge is -2.11. The first-order valence-electron chi connectivity index (χ1n) is 8.76. The highest BCUT2D eigenvalue weighted by Gasteiger charge is 2.16. The molecule has 0 spiro atoms. The average molecular weight is 471 g/mol. The molecule has 0 saturated carbocycles. The summed E-state index contributed by atoms with van der Waals surface area (Å²) in [4.78, 5) is 0. The molecule has 3 nitrogen and oxygen atoms in total. The number of halogens is 2. The van der Waals surface area contributed by atoms with E-state index in [1.165, 1.54) is 11.1 Å². The van der Waals surface area contributed by atoms with Crippen LogP contribution in [-0.2, 0) is 5.75 Å². The summed E-state index contributed by atoms with van der Waals surface area (Å²) in [7, 11) is 0. The molecule has 0 atom stereocenters. The fourth-order valence-corrected chi connectivity index (χ4v) is 4.32. The fraction of sp³-hybridized carbons (Fsp3) is 0.0909. The van der Waals surface area contributed by atoms with Crippen LogP contribution in [0.1, 0.15) is 11.1 Å². The molecule has 0 radical (unpaired) electrons. The van der Waals surface area contributed by atoms with Crippen molar-refractivity contribution < 1.29 is 0 Å². The Bertz CT molecular complexity index is 1090.